The number of carbonyl (C=O) groups excluding carboxylic acids is 2. The summed E-state index contributed by atoms with van der Waals surface area (Å²) in [6.45, 7) is 8.89. The Kier molecular flexibility index (Phi) is 14.8. The maximum Gasteiger partial charge on any atom is 0.379 e. The van der Waals surface area contributed by atoms with Gasteiger partial charge in [0.2, 0.25) is 21.9 Å². The van der Waals surface area contributed by atoms with Crippen LogP contribution in [0.5, 0.6) is 17.2 Å². The number of aromatic nitrogens is 4. The Morgan fingerprint density at radius 1 is 0.979 bits per heavy atom. The third-order valence-electron chi connectivity index (χ3n) is 6.03. The molecule has 0 saturated carbocycles. The largest absolute Gasteiger partial charge is 0.496 e. The molecular formula is C31H40N6O9S. The SMILES string of the molecule is CC.CCCCOCCOc1cccc(OC)c1-c1cc(C(=O)Nc2nnc(-n3nccc3NC(C)=O)s2)oc(=O)c1OCCOC. The van der Waals surface area contributed by atoms with E-state index in [1.54, 1.807) is 24.3 Å². The third kappa shape index (κ3) is 10.1. The second kappa shape index (κ2) is 19.0. The molecule has 0 saturated heterocycles. The Hall–Kier alpha value is -4.80. The second-order valence-electron chi connectivity index (χ2n) is 9.28. The topological polar surface area (TPSA) is 178 Å². The Labute approximate surface area is 276 Å². The number of nitrogens with zero attached hydrogens (tertiary/aromatic N) is 4. The highest BCUT2D eigenvalue weighted by Gasteiger charge is 2.25. The molecule has 0 atom stereocenters. The lowest BCUT2D eigenvalue weighted by Crippen LogP contribution is -2.18. The van der Waals surface area contributed by atoms with Crippen LogP contribution in [0, 0.1) is 0 Å². The first-order chi connectivity index (χ1) is 22.9. The lowest BCUT2D eigenvalue weighted by atomic mass is 10.0. The minimum absolute atomic E-state index is 0.0396. The van der Waals surface area contributed by atoms with Gasteiger partial charge in [-0.05, 0) is 24.6 Å². The van der Waals surface area contributed by atoms with Crippen LogP contribution in [0.1, 0.15) is 51.1 Å². The standard InChI is InChI=1S/C29H34N6O9S.C2H6/c1-5-6-12-41-14-16-42-21-9-7-8-20(40-4)24(21)19-17-22(44-27(38)25(19)43-15-13-39-3)26(37)32-28-33-34-29(45-28)35-23(10-11-30-35)31-18(2)36;1-2/h7-11,17H,5-6,12-16H2,1-4H3,(H,31,36)(H,32,33,37);1-2H3. The Bertz CT molecular complexity index is 1650. The monoisotopic (exact) mass is 672 g/mol. The van der Waals surface area contributed by atoms with E-state index in [2.05, 4.69) is 32.9 Å². The van der Waals surface area contributed by atoms with Crippen molar-refractivity contribution in [2.45, 2.75) is 40.5 Å². The van der Waals surface area contributed by atoms with E-state index in [4.69, 9.17) is 28.1 Å². The molecular weight excluding hydrogens is 632 g/mol. The molecule has 0 unspecified atom stereocenters. The van der Waals surface area contributed by atoms with Gasteiger partial charge in [0.1, 0.15) is 30.5 Å². The van der Waals surface area contributed by atoms with Gasteiger partial charge < -0.3 is 33.4 Å². The van der Waals surface area contributed by atoms with Crippen molar-refractivity contribution >= 4 is 34.1 Å². The van der Waals surface area contributed by atoms with Gasteiger partial charge in [0.05, 0.1) is 32.1 Å². The molecule has 1 aromatic carbocycles. The van der Waals surface area contributed by atoms with Crippen LogP contribution in [-0.2, 0) is 14.3 Å². The number of amides is 2. The van der Waals surface area contributed by atoms with E-state index in [-0.39, 0.29) is 53.1 Å². The van der Waals surface area contributed by atoms with E-state index in [1.807, 2.05) is 13.8 Å². The highest BCUT2D eigenvalue weighted by atomic mass is 32.1. The summed E-state index contributed by atoms with van der Waals surface area (Å²) in [6, 6.07) is 8.10. The van der Waals surface area contributed by atoms with E-state index in [1.165, 1.54) is 38.1 Å². The van der Waals surface area contributed by atoms with E-state index in [0.29, 0.717) is 36.1 Å². The number of ether oxygens (including phenoxy) is 5. The van der Waals surface area contributed by atoms with Gasteiger partial charge in [0, 0.05) is 32.3 Å². The molecule has 254 valence electrons. The molecule has 15 nitrogen and oxygen atoms in total. The van der Waals surface area contributed by atoms with Crippen LogP contribution >= 0.6 is 11.3 Å². The van der Waals surface area contributed by atoms with Crippen LogP contribution in [0.2, 0.25) is 0 Å². The first kappa shape index (κ1) is 36.7. The number of benzene rings is 1. The van der Waals surface area contributed by atoms with Crippen LogP contribution in [0.15, 0.2) is 45.7 Å². The van der Waals surface area contributed by atoms with Crippen molar-refractivity contribution in [2.75, 3.05) is 57.9 Å². The average molecular weight is 673 g/mol. The predicted octanol–water partition coefficient (Wildman–Crippen LogP) is 4.81. The molecule has 4 rings (SSSR count). The molecule has 0 spiro atoms. The summed E-state index contributed by atoms with van der Waals surface area (Å²) in [6.07, 6.45) is 3.44. The third-order valence-corrected chi connectivity index (χ3v) is 6.85. The fourth-order valence-corrected chi connectivity index (χ4v) is 4.72. The van der Waals surface area contributed by atoms with Crippen LogP contribution in [-0.4, -0.2) is 79.0 Å². The number of methoxy groups -OCH3 is 2. The molecule has 47 heavy (non-hydrogen) atoms. The highest BCUT2D eigenvalue weighted by Crippen LogP contribution is 2.42. The summed E-state index contributed by atoms with van der Waals surface area (Å²) >= 11 is 0.986. The van der Waals surface area contributed by atoms with Crippen LogP contribution in [0.3, 0.4) is 0 Å². The molecule has 3 aromatic heterocycles. The van der Waals surface area contributed by atoms with E-state index in [9.17, 15) is 14.4 Å². The number of rotatable bonds is 17. The van der Waals surface area contributed by atoms with Gasteiger partial charge in [-0.3, -0.25) is 14.9 Å². The van der Waals surface area contributed by atoms with Crippen LogP contribution in [0.4, 0.5) is 10.9 Å². The molecule has 0 fully saturated rings. The molecule has 2 amide bonds. The number of hydrogen-bond donors (Lipinski definition) is 2. The Balaban J connectivity index is 0.00000294. The fraction of sp³-hybridized carbons (Fsp3) is 0.419. The molecule has 0 aliphatic heterocycles. The fourth-order valence-electron chi connectivity index (χ4n) is 4.01. The first-order valence-corrected chi connectivity index (χ1v) is 15.8. The van der Waals surface area contributed by atoms with E-state index >= 15 is 0 Å². The highest BCUT2D eigenvalue weighted by molar-refractivity contribution is 7.17. The van der Waals surface area contributed by atoms with Crippen LogP contribution < -0.4 is 30.5 Å². The van der Waals surface area contributed by atoms with Gasteiger partial charge in [-0.1, -0.05) is 44.6 Å². The summed E-state index contributed by atoms with van der Waals surface area (Å²) in [5, 5.41) is 17.7. The Morgan fingerprint density at radius 3 is 2.47 bits per heavy atom. The summed E-state index contributed by atoms with van der Waals surface area (Å²) in [4.78, 5) is 38.1. The summed E-state index contributed by atoms with van der Waals surface area (Å²) in [5.41, 5.74) is -0.311. The van der Waals surface area contributed by atoms with Crippen molar-refractivity contribution in [1.82, 2.24) is 20.0 Å². The number of carbonyl (C=O) groups is 2. The van der Waals surface area contributed by atoms with Gasteiger partial charge in [-0.15, -0.1) is 10.2 Å². The quantitative estimate of drug-likeness (QED) is 0.147. The van der Waals surface area contributed by atoms with Crippen molar-refractivity contribution in [2.24, 2.45) is 0 Å². The lowest BCUT2D eigenvalue weighted by molar-refractivity contribution is -0.114. The summed E-state index contributed by atoms with van der Waals surface area (Å²) in [5.74, 6) is -0.425. The molecule has 0 aliphatic carbocycles. The minimum atomic E-state index is -0.900. The number of nitrogens with one attached hydrogen (secondary N) is 2. The van der Waals surface area contributed by atoms with Gasteiger partial charge in [-0.25, -0.2) is 4.79 Å². The van der Waals surface area contributed by atoms with E-state index < -0.39 is 11.5 Å². The molecule has 2 N–H and O–H groups in total. The molecule has 0 aliphatic rings. The Morgan fingerprint density at radius 2 is 1.74 bits per heavy atom. The first-order valence-electron chi connectivity index (χ1n) is 15.0. The summed E-state index contributed by atoms with van der Waals surface area (Å²) in [7, 11) is 2.98. The number of hydrogen-bond acceptors (Lipinski definition) is 13. The lowest BCUT2D eigenvalue weighted by Gasteiger charge is -2.18. The maximum absolute atomic E-state index is 13.3. The van der Waals surface area contributed by atoms with Gasteiger partial charge >= 0.3 is 5.63 Å². The number of unbranched alkanes of at least 4 members (excludes halogenated alkanes) is 1. The van der Waals surface area contributed by atoms with Gasteiger partial charge in [-0.2, -0.15) is 9.78 Å². The minimum Gasteiger partial charge on any atom is -0.496 e. The van der Waals surface area contributed by atoms with Gasteiger partial charge in [0.15, 0.2) is 5.76 Å². The van der Waals surface area contributed by atoms with Crippen molar-refractivity contribution in [1.29, 1.82) is 0 Å². The number of anilines is 2. The zero-order valence-electron chi connectivity index (χ0n) is 27.3. The average Bonchev–Trinajstić information content (AvgIpc) is 3.73. The summed E-state index contributed by atoms with van der Waals surface area (Å²) < 4.78 is 34.8. The molecule has 0 radical (unpaired) electrons. The van der Waals surface area contributed by atoms with Crippen molar-refractivity contribution < 1.29 is 37.7 Å². The molecule has 0 bridgehead atoms. The van der Waals surface area contributed by atoms with E-state index in [0.717, 1.165) is 24.2 Å². The predicted molar refractivity (Wildman–Crippen MR) is 176 cm³/mol. The molecule has 3 heterocycles. The second-order valence-corrected chi connectivity index (χ2v) is 10.2. The zero-order chi connectivity index (χ0) is 34.2. The zero-order valence-corrected chi connectivity index (χ0v) is 28.1. The maximum atomic E-state index is 13.3. The molecule has 16 heteroatoms. The smallest absolute Gasteiger partial charge is 0.379 e. The molecule has 4 aromatic rings. The normalized spacial score (nSPS) is 10.5. The van der Waals surface area contributed by atoms with Crippen molar-refractivity contribution in [3.8, 4) is 33.5 Å². The van der Waals surface area contributed by atoms with Crippen molar-refractivity contribution in [3.63, 3.8) is 0 Å². The van der Waals surface area contributed by atoms with Gasteiger partial charge in [0.25, 0.3) is 5.91 Å². The van der Waals surface area contributed by atoms with Crippen molar-refractivity contribution in [3.05, 3.63) is 52.7 Å². The van der Waals surface area contributed by atoms with Crippen LogP contribution in [0.25, 0.3) is 16.3 Å².